The number of amidine groups is 1. The molecule has 1 aliphatic heterocycles. The zero-order valence-corrected chi connectivity index (χ0v) is 14.6. The van der Waals surface area contributed by atoms with Gasteiger partial charge in [0.25, 0.3) is 5.91 Å². The maximum Gasteiger partial charge on any atom is 0.335 e. The number of benzene rings is 2. The fraction of sp³-hybridized carbons (Fsp3) is 0.105. The zero-order chi connectivity index (χ0) is 18.0. The minimum absolute atomic E-state index is 0.126. The standard InChI is InChI=1S/C19H16N2O3S/c1-12-6-8-13(9-7-12)10-16-17(22)21(2)19(25-16)20-15-5-3-4-14(11-15)18(23)24/h3-11H,1-2H3,(H,23,24)/b16-10-,20-19?. The summed E-state index contributed by atoms with van der Waals surface area (Å²) in [7, 11) is 1.66. The Hall–Kier alpha value is -2.86. The van der Waals surface area contributed by atoms with E-state index in [9.17, 15) is 9.59 Å². The van der Waals surface area contributed by atoms with Gasteiger partial charge in [-0.3, -0.25) is 9.69 Å². The predicted octanol–water partition coefficient (Wildman–Crippen LogP) is 3.93. The summed E-state index contributed by atoms with van der Waals surface area (Å²) in [6.45, 7) is 2.01. The van der Waals surface area contributed by atoms with E-state index in [4.69, 9.17) is 5.11 Å². The van der Waals surface area contributed by atoms with Gasteiger partial charge in [0.1, 0.15) is 0 Å². The quantitative estimate of drug-likeness (QED) is 0.850. The highest BCUT2D eigenvalue weighted by molar-refractivity contribution is 8.18. The van der Waals surface area contributed by atoms with Gasteiger partial charge in [0, 0.05) is 7.05 Å². The van der Waals surface area contributed by atoms with Crippen molar-refractivity contribution in [1.29, 1.82) is 0 Å². The molecule has 1 aliphatic rings. The van der Waals surface area contributed by atoms with Gasteiger partial charge < -0.3 is 5.11 Å². The summed E-state index contributed by atoms with van der Waals surface area (Å²) in [6, 6.07) is 14.2. The number of thioether (sulfide) groups is 1. The van der Waals surface area contributed by atoms with E-state index in [0.717, 1.165) is 11.1 Å². The van der Waals surface area contributed by atoms with Gasteiger partial charge in [0.2, 0.25) is 0 Å². The lowest BCUT2D eigenvalue weighted by atomic mass is 10.1. The summed E-state index contributed by atoms with van der Waals surface area (Å²) in [4.78, 5) is 29.9. The van der Waals surface area contributed by atoms with Gasteiger partial charge in [-0.15, -0.1) is 0 Å². The average molecular weight is 352 g/mol. The number of rotatable bonds is 3. The fourth-order valence-electron chi connectivity index (χ4n) is 2.28. The van der Waals surface area contributed by atoms with Crippen molar-refractivity contribution < 1.29 is 14.7 Å². The number of aliphatic imine (C=N–C) groups is 1. The van der Waals surface area contributed by atoms with Gasteiger partial charge in [-0.05, 0) is 48.5 Å². The number of carbonyl (C=O) groups excluding carboxylic acids is 1. The lowest BCUT2D eigenvalue weighted by Gasteiger charge is -2.07. The van der Waals surface area contributed by atoms with Crippen LogP contribution in [0.25, 0.3) is 6.08 Å². The maximum atomic E-state index is 12.4. The monoisotopic (exact) mass is 352 g/mol. The number of carboxylic acids is 1. The molecular weight excluding hydrogens is 336 g/mol. The molecule has 0 bridgehead atoms. The molecule has 0 aliphatic carbocycles. The molecule has 25 heavy (non-hydrogen) atoms. The number of hydrogen-bond acceptors (Lipinski definition) is 4. The van der Waals surface area contributed by atoms with E-state index in [-0.39, 0.29) is 11.5 Å². The van der Waals surface area contributed by atoms with Crippen LogP contribution in [0, 0.1) is 6.92 Å². The third-order valence-electron chi connectivity index (χ3n) is 3.70. The first-order chi connectivity index (χ1) is 11.9. The number of aromatic carboxylic acids is 1. The topological polar surface area (TPSA) is 70.0 Å². The third-order valence-corrected chi connectivity index (χ3v) is 4.76. The number of carboxylic acid groups (broad SMARTS) is 1. The maximum absolute atomic E-state index is 12.4. The van der Waals surface area contributed by atoms with Gasteiger partial charge in [-0.2, -0.15) is 0 Å². The van der Waals surface area contributed by atoms with Crippen LogP contribution in [0.1, 0.15) is 21.5 Å². The average Bonchev–Trinajstić information content (AvgIpc) is 2.85. The van der Waals surface area contributed by atoms with E-state index in [1.165, 1.54) is 28.8 Å². The first-order valence-corrected chi connectivity index (χ1v) is 8.42. The molecule has 0 saturated carbocycles. The Balaban J connectivity index is 1.89. The Labute approximate surface area is 149 Å². The first-order valence-electron chi connectivity index (χ1n) is 7.60. The summed E-state index contributed by atoms with van der Waals surface area (Å²) in [5, 5.41) is 9.58. The fourth-order valence-corrected chi connectivity index (χ4v) is 3.27. The predicted molar refractivity (Wildman–Crippen MR) is 100 cm³/mol. The zero-order valence-electron chi connectivity index (χ0n) is 13.8. The van der Waals surface area contributed by atoms with Crippen molar-refractivity contribution in [2.24, 2.45) is 4.99 Å². The normalized spacial score (nSPS) is 17.5. The smallest absolute Gasteiger partial charge is 0.335 e. The highest BCUT2D eigenvalue weighted by atomic mass is 32.2. The van der Waals surface area contributed by atoms with Crippen molar-refractivity contribution in [2.45, 2.75) is 6.92 Å². The second kappa shape index (κ2) is 6.94. The second-order valence-electron chi connectivity index (χ2n) is 5.64. The van der Waals surface area contributed by atoms with Crippen molar-refractivity contribution in [1.82, 2.24) is 4.90 Å². The lowest BCUT2D eigenvalue weighted by molar-refractivity contribution is -0.121. The molecule has 1 heterocycles. The van der Waals surface area contributed by atoms with Crippen LogP contribution in [-0.2, 0) is 4.79 Å². The van der Waals surface area contributed by atoms with Crippen molar-refractivity contribution >= 4 is 40.6 Å². The van der Waals surface area contributed by atoms with Gasteiger partial charge in [-0.1, -0.05) is 35.9 Å². The summed E-state index contributed by atoms with van der Waals surface area (Å²) in [6.07, 6.45) is 1.83. The summed E-state index contributed by atoms with van der Waals surface area (Å²) < 4.78 is 0. The van der Waals surface area contributed by atoms with Crippen molar-refractivity contribution in [3.8, 4) is 0 Å². The van der Waals surface area contributed by atoms with Gasteiger partial charge in [0.15, 0.2) is 5.17 Å². The minimum atomic E-state index is -1.01. The number of hydrogen-bond donors (Lipinski definition) is 1. The number of aryl methyl sites for hydroxylation is 1. The summed E-state index contributed by atoms with van der Waals surface area (Å²) in [5.74, 6) is -1.13. The molecule has 2 aromatic carbocycles. The SMILES string of the molecule is Cc1ccc(/C=C2\SC(=Nc3cccc(C(=O)O)c3)N(C)C2=O)cc1. The summed E-state index contributed by atoms with van der Waals surface area (Å²) in [5.41, 5.74) is 2.77. The number of nitrogens with zero attached hydrogens (tertiary/aromatic N) is 2. The van der Waals surface area contributed by atoms with Crippen LogP contribution in [0.2, 0.25) is 0 Å². The van der Waals surface area contributed by atoms with Crippen LogP contribution < -0.4 is 0 Å². The first kappa shape index (κ1) is 17.0. The molecule has 0 unspecified atom stereocenters. The van der Waals surface area contributed by atoms with E-state index in [1.54, 1.807) is 19.2 Å². The molecule has 5 nitrogen and oxygen atoms in total. The molecule has 2 aromatic rings. The molecule has 0 aromatic heterocycles. The number of carbonyl (C=O) groups is 2. The summed E-state index contributed by atoms with van der Waals surface area (Å²) >= 11 is 1.28. The van der Waals surface area contributed by atoms with Crippen LogP contribution in [0.15, 0.2) is 58.4 Å². The van der Waals surface area contributed by atoms with Crippen LogP contribution >= 0.6 is 11.8 Å². The van der Waals surface area contributed by atoms with Crippen LogP contribution in [0.5, 0.6) is 0 Å². The Morgan fingerprint density at radius 3 is 2.60 bits per heavy atom. The highest BCUT2D eigenvalue weighted by Gasteiger charge is 2.30. The molecule has 0 spiro atoms. The molecule has 1 amide bonds. The molecular formula is C19H16N2O3S. The number of likely N-dealkylation sites (N-methyl/N-ethyl adjacent to an activating group) is 1. The molecule has 1 fully saturated rings. The van der Waals surface area contributed by atoms with E-state index < -0.39 is 5.97 Å². The Morgan fingerprint density at radius 2 is 1.92 bits per heavy atom. The van der Waals surface area contributed by atoms with Crippen molar-refractivity contribution in [3.63, 3.8) is 0 Å². The van der Waals surface area contributed by atoms with E-state index in [2.05, 4.69) is 4.99 Å². The third kappa shape index (κ3) is 3.80. The Kier molecular flexibility index (Phi) is 4.72. The molecule has 3 rings (SSSR count). The van der Waals surface area contributed by atoms with Gasteiger partial charge >= 0.3 is 5.97 Å². The second-order valence-corrected chi connectivity index (χ2v) is 6.64. The van der Waals surface area contributed by atoms with Crippen LogP contribution in [-0.4, -0.2) is 34.1 Å². The van der Waals surface area contributed by atoms with Crippen LogP contribution in [0.3, 0.4) is 0 Å². The minimum Gasteiger partial charge on any atom is -0.478 e. The van der Waals surface area contributed by atoms with Crippen molar-refractivity contribution in [3.05, 3.63) is 70.1 Å². The molecule has 1 N–H and O–H groups in total. The van der Waals surface area contributed by atoms with Gasteiger partial charge in [0.05, 0.1) is 16.2 Å². The molecule has 0 radical (unpaired) electrons. The Bertz CT molecular complexity index is 901. The van der Waals surface area contributed by atoms with Crippen molar-refractivity contribution in [2.75, 3.05) is 7.05 Å². The van der Waals surface area contributed by atoms with Gasteiger partial charge in [-0.25, -0.2) is 9.79 Å². The van der Waals surface area contributed by atoms with E-state index >= 15 is 0 Å². The van der Waals surface area contributed by atoms with E-state index in [0.29, 0.717) is 15.8 Å². The molecule has 126 valence electrons. The number of amides is 1. The molecule has 6 heteroatoms. The largest absolute Gasteiger partial charge is 0.478 e. The van der Waals surface area contributed by atoms with Crippen LogP contribution in [0.4, 0.5) is 5.69 Å². The Morgan fingerprint density at radius 1 is 1.20 bits per heavy atom. The highest BCUT2D eigenvalue weighted by Crippen LogP contribution is 2.33. The molecule has 0 atom stereocenters. The van der Waals surface area contributed by atoms with E-state index in [1.807, 2.05) is 37.3 Å². The molecule has 1 saturated heterocycles. The lowest BCUT2D eigenvalue weighted by Crippen LogP contribution is -2.23.